The lowest BCUT2D eigenvalue weighted by Crippen LogP contribution is -2.18. The molecule has 1 amide bonds. The molecule has 0 spiro atoms. The Labute approximate surface area is 133 Å². The molecule has 0 atom stereocenters. The normalized spacial score (nSPS) is 10.8. The highest BCUT2D eigenvalue weighted by atomic mass is 16.6. The quantitative estimate of drug-likeness (QED) is 0.650. The molecule has 2 N–H and O–H groups in total. The molecule has 0 bridgehead atoms. The largest absolute Gasteiger partial charge is 0.322 e. The van der Waals surface area contributed by atoms with Crippen molar-refractivity contribution in [3.63, 3.8) is 0 Å². The third kappa shape index (κ3) is 3.72. The summed E-state index contributed by atoms with van der Waals surface area (Å²) in [5.74, 6) is -0.607. The zero-order valence-corrected chi connectivity index (χ0v) is 13.5. The number of rotatable bonds is 5. The second-order valence-corrected chi connectivity index (χ2v) is 5.66. The Morgan fingerprint density at radius 3 is 2.70 bits per heavy atom. The molecule has 2 rings (SSSR count). The zero-order chi connectivity index (χ0) is 17.1. The first-order valence-corrected chi connectivity index (χ1v) is 7.04. The summed E-state index contributed by atoms with van der Waals surface area (Å²) in [6.45, 7) is 4.11. The maximum Gasteiger partial charge on any atom is 0.322 e. The Kier molecular flexibility index (Phi) is 4.75. The summed E-state index contributed by atoms with van der Waals surface area (Å²) in [6.07, 6.45) is 0. The second-order valence-electron chi connectivity index (χ2n) is 5.66. The van der Waals surface area contributed by atoms with E-state index in [1.165, 1.54) is 6.92 Å². The van der Waals surface area contributed by atoms with E-state index in [1.54, 1.807) is 6.07 Å². The minimum atomic E-state index is -0.608. The maximum atomic E-state index is 12.4. The van der Waals surface area contributed by atoms with Gasteiger partial charge in [0, 0.05) is 12.2 Å². The van der Waals surface area contributed by atoms with Gasteiger partial charge < -0.3 is 10.2 Å². The lowest BCUT2D eigenvalue weighted by Gasteiger charge is -2.15. The lowest BCUT2D eigenvalue weighted by molar-refractivity contribution is -0.385. The highest BCUT2D eigenvalue weighted by Gasteiger charge is 2.27. The number of nitrogens with one attached hydrogen (secondary N) is 2. The van der Waals surface area contributed by atoms with Crippen molar-refractivity contribution in [1.82, 2.24) is 15.1 Å². The van der Waals surface area contributed by atoms with Crippen LogP contribution >= 0.6 is 0 Å². The van der Waals surface area contributed by atoms with E-state index in [4.69, 9.17) is 0 Å². The Bertz CT molecular complexity index is 752. The first kappa shape index (κ1) is 16.6. The van der Waals surface area contributed by atoms with Gasteiger partial charge in [0.2, 0.25) is 5.69 Å². The van der Waals surface area contributed by atoms with Crippen molar-refractivity contribution in [1.29, 1.82) is 0 Å². The summed E-state index contributed by atoms with van der Waals surface area (Å²) in [5.41, 5.74) is 2.34. The van der Waals surface area contributed by atoms with Gasteiger partial charge in [0.15, 0.2) is 0 Å². The molecule has 23 heavy (non-hydrogen) atoms. The van der Waals surface area contributed by atoms with Gasteiger partial charge in [0.05, 0.1) is 4.92 Å². The first-order valence-electron chi connectivity index (χ1n) is 7.04. The minimum Gasteiger partial charge on any atom is -0.320 e. The van der Waals surface area contributed by atoms with Crippen molar-refractivity contribution in [2.75, 3.05) is 19.4 Å². The third-order valence-electron chi connectivity index (χ3n) is 3.31. The van der Waals surface area contributed by atoms with Gasteiger partial charge in [-0.05, 0) is 39.6 Å². The van der Waals surface area contributed by atoms with E-state index in [1.807, 2.05) is 38.1 Å². The molecule has 0 aliphatic carbocycles. The van der Waals surface area contributed by atoms with E-state index in [9.17, 15) is 14.9 Å². The highest BCUT2D eigenvalue weighted by molar-refractivity contribution is 6.06. The summed E-state index contributed by atoms with van der Waals surface area (Å²) in [4.78, 5) is 24.8. The molecule has 122 valence electrons. The van der Waals surface area contributed by atoms with E-state index in [0.29, 0.717) is 12.2 Å². The Hall–Kier alpha value is -2.74. The van der Waals surface area contributed by atoms with E-state index < -0.39 is 10.8 Å². The number of aromatic nitrogens is 2. The van der Waals surface area contributed by atoms with Crippen LogP contribution in [0.15, 0.2) is 18.2 Å². The molecular weight excluding hydrogens is 298 g/mol. The average Bonchev–Trinajstić information content (AvgIpc) is 2.83. The van der Waals surface area contributed by atoms with Gasteiger partial charge in [-0.1, -0.05) is 17.7 Å². The number of aryl methyl sites for hydroxylation is 2. The van der Waals surface area contributed by atoms with Crippen LogP contribution in [0.4, 0.5) is 11.4 Å². The molecule has 0 saturated carbocycles. The van der Waals surface area contributed by atoms with Crippen molar-refractivity contribution in [3.8, 4) is 0 Å². The zero-order valence-electron chi connectivity index (χ0n) is 13.5. The Balaban J connectivity index is 2.32. The van der Waals surface area contributed by atoms with E-state index in [2.05, 4.69) is 15.5 Å². The number of carbonyl (C=O) groups excluding carboxylic acids is 1. The molecule has 1 aromatic carbocycles. The molecule has 0 radical (unpaired) electrons. The monoisotopic (exact) mass is 317 g/mol. The SMILES string of the molecule is Cc1ccc(NC(=O)c2n[nH]c(C)c2[N+](=O)[O-])c(CN(C)C)c1. The van der Waals surface area contributed by atoms with Crippen LogP contribution in [0.1, 0.15) is 27.3 Å². The van der Waals surface area contributed by atoms with Crippen LogP contribution in [0, 0.1) is 24.0 Å². The molecule has 0 aliphatic heterocycles. The predicted molar refractivity (Wildman–Crippen MR) is 86.5 cm³/mol. The number of aromatic amines is 1. The number of anilines is 1. The van der Waals surface area contributed by atoms with Crippen LogP contribution in [-0.4, -0.2) is 40.0 Å². The molecular formula is C15H19N5O3. The van der Waals surface area contributed by atoms with Crippen molar-refractivity contribution >= 4 is 17.3 Å². The number of benzene rings is 1. The van der Waals surface area contributed by atoms with Crippen LogP contribution in [0.5, 0.6) is 0 Å². The lowest BCUT2D eigenvalue weighted by atomic mass is 10.1. The molecule has 8 nitrogen and oxygen atoms in total. The van der Waals surface area contributed by atoms with Gasteiger partial charge in [-0.2, -0.15) is 5.10 Å². The second kappa shape index (κ2) is 6.57. The number of nitrogens with zero attached hydrogens (tertiary/aromatic N) is 3. The van der Waals surface area contributed by atoms with Crippen LogP contribution in [0.3, 0.4) is 0 Å². The minimum absolute atomic E-state index is 0.219. The van der Waals surface area contributed by atoms with E-state index in [0.717, 1.165) is 11.1 Å². The number of amides is 1. The fourth-order valence-corrected chi connectivity index (χ4v) is 2.30. The van der Waals surface area contributed by atoms with Gasteiger partial charge in [-0.15, -0.1) is 0 Å². The molecule has 1 aromatic heterocycles. The summed E-state index contributed by atoms with van der Waals surface area (Å²) < 4.78 is 0. The molecule has 0 unspecified atom stereocenters. The van der Waals surface area contributed by atoms with Crippen molar-refractivity contribution < 1.29 is 9.72 Å². The van der Waals surface area contributed by atoms with Crippen molar-refractivity contribution in [3.05, 3.63) is 50.8 Å². The van der Waals surface area contributed by atoms with Gasteiger partial charge in [0.1, 0.15) is 5.69 Å². The molecule has 2 aromatic rings. The number of hydrogen-bond acceptors (Lipinski definition) is 5. The maximum absolute atomic E-state index is 12.4. The third-order valence-corrected chi connectivity index (χ3v) is 3.31. The molecule has 0 aliphatic rings. The summed E-state index contributed by atoms with van der Waals surface area (Å²) in [6, 6.07) is 5.64. The van der Waals surface area contributed by atoms with Gasteiger partial charge in [-0.25, -0.2) is 0 Å². The average molecular weight is 317 g/mol. The molecule has 0 fully saturated rings. The van der Waals surface area contributed by atoms with Gasteiger partial charge in [0.25, 0.3) is 5.91 Å². The number of carbonyl (C=O) groups is 1. The standard InChI is InChI=1S/C15H19N5O3/c1-9-5-6-12(11(7-9)8-19(3)4)16-15(21)13-14(20(22)23)10(2)17-18-13/h5-7H,8H2,1-4H3,(H,16,21)(H,17,18). The molecule has 0 saturated heterocycles. The topological polar surface area (TPSA) is 104 Å². The first-order chi connectivity index (χ1) is 10.8. The van der Waals surface area contributed by atoms with Gasteiger partial charge >= 0.3 is 5.69 Å². The van der Waals surface area contributed by atoms with Crippen molar-refractivity contribution in [2.45, 2.75) is 20.4 Å². The Morgan fingerprint density at radius 1 is 1.39 bits per heavy atom. The van der Waals surface area contributed by atoms with Gasteiger partial charge in [-0.3, -0.25) is 20.0 Å². The van der Waals surface area contributed by atoms with Crippen molar-refractivity contribution in [2.24, 2.45) is 0 Å². The van der Waals surface area contributed by atoms with E-state index in [-0.39, 0.29) is 17.1 Å². The smallest absolute Gasteiger partial charge is 0.320 e. The predicted octanol–water partition coefficient (Wildman–Crippen LogP) is 2.25. The van der Waals surface area contributed by atoms with Crippen LogP contribution in [-0.2, 0) is 6.54 Å². The number of hydrogen-bond donors (Lipinski definition) is 2. The Morgan fingerprint density at radius 2 is 2.09 bits per heavy atom. The number of H-pyrrole nitrogens is 1. The summed E-state index contributed by atoms with van der Waals surface area (Å²) in [7, 11) is 3.85. The highest BCUT2D eigenvalue weighted by Crippen LogP contribution is 2.23. The number of nitro groups is 1. The summed E-state index contributed by atoms with van der Waals surface area (Å²) in [5, 5.41) is 20.0. The van der Waals surface area contributed by atoms with Crippen LogP contribution in [0.2, 0.25) is 0 Å². The molecule has 1 heterocycles. The summed E-state index contributed by atoms with van der Waals surface area (Å²) >= 11 is 0. The molecule has 8 heteroatoms. The fraction of sp³-hybridized carbons (Fsp3) is 0.333. The van der Waals surface area contributed by atoms with Crippen LogP contribution in [0.25, 0.3) is 0 Å². The van der Waals surface area contributed by atoms with E-state index >= 15 is 0 Å². The van der Waals surface area contributed by atoms with Crippen LogP contribution < -0.4 is 5.32 Å². The fourth-order valence-electron chi connectivity index (χ4n) is 2.30.